The number of aromatic nitrogens is 1. The summed E-state index contributed by atoms with van der Waals surface area (Å²) in [5, 5.41) is 11.3. The van der Waals surface area contributed by atoms with Gasteiger partial charge in [0.1, 0.15) is 5.75 Å². The van der Waals surface area contributed by atoms with Crippen LogP contribution in [0, 0.1) is 0 Å². The smallest absolute Gasteiger partial charge is 0.152 e. The van der Waals surface area contributed by atoms with E-state index in [0.29, 0.717) is 33.2 Å². The van der Waals surface area contributed by atoms with Crippen LogP contribution in [0.25, 0.3) is 10.9 Å². The number of carbonyl (C=O) groups is 1. The third-order valence-electron chi connectivity index (χ3n) is 4.55. The summed E-state index contributed by atoms with van der Waals surface area (Å²) in [4.78, 5) is 14.6. The molecule has 0 saturated heterocycles. The number of phenolic OH excluding ortho intramolecular Hbond substituents is 1. The second kappa shape index (κ2) is 7.96. The Bertz CT molecular complexity index is 1030. The molecular weight excluding hydrogens is 428 g/mol. The molecule has 5 nitrogen and oxygen atoms in total. The molecule has 0 saturated carbocycles. The number of rotatable bonds is 6. The summed E-state index contributed by atoms with van der Waals surface area (Å²) in [6, 6.07) is 11.0. The normalized spacial score (nSPS) is 12.6. The fourth-order valence-corrected chi connectivity index (χ4v) is 4.95. The lowest BCUT2D eigenvalue weighted by Gasteiger charge is -2.14. The SMILES string of the molecule is CN(C)Cc1c(O)c(Br)cc2c1c(C=O)c(CS(=O)c1ccccc1)n2C. The van der Waals surface area contributed by atoms with Crippen LogP contribution < -0.4 is 0 Å². The van der Waals surface area contributed by atoms with E-state index in [2.05, 4.69) is 15.9 Å². The maximum absolute atomic E-state index is 12.8. The largest absolute Gasteiger partial charge is 0.506 e. The molecule has 0 fully saturated rings. The third-order valence-corrected chi connectivity index (χ3v) is 6.48. The molecule has 0 bridgehead atoms. The van der Waals surface area contributed by atoms with Crippen LogP contribution in [-0.4, -0.2) is 39.2 Å². The van der Waals surface area contributed by atoms with E-state index in [1.807, 2.05) is 60.9 Å². The van der Waals surface area contributed by atoms with Gasteiger partial charge in [-0.05, 0) is 48.2 Å². The Kier molecular flexibility index (Phi) is 5.83. The van der Waals surface area contributed by atoms with E-state index in [-0.39, 0.29) is 11.5 Å². The van der Waals surface area contributed by atoms with Crippen LogP contribution in [-0.2, 0) is 30.1 Å². The Morgan fingerprint density at radius 1 is 1.26 bits per heavy atom. The molecule has 0 spiro atoms. The van der Waals surface area contributed by atoms with Crippen molar-refractivity contribution < 1.29 is 14.1 Å². The molecule has 0 aliphatic carbocycles. The summed E-state index contributed by atoms with van der Waals surface area (Å²) >= 11 is 3.40. The number of benzene rings is 2. The maximum Gasteiger partial charge on any atom is 0.152 e. The number of aromatic hydroxyl groups is 1. The van der Waals surface area contributed by atoms with Gasteiger partial charge in [-0.1, -0.05) is 18.2 Å². The van der Waals surface area contributed by atoms with Crippen molar-refractivity contribution in [1.29, 1.82) is 0 Å². The average Bonchev–Trinajstić information content (AvgIpc) is 2.90. The fraction of sp³-hybridized carbons (Fsp3) is 0.250. The van der Waals surface area contributed by atoms with Crippen LogP contribution in [0.15, 0.2) is 45.8 Å². The summed E-state index contributed by atoms with van der Waals surface area (Å²) in [7, 11) is 4.39. The van der Waals surface area contributed by atoms with Gasteiger partial charge in [0.25, 0.3) is 0 Å². The van der Waals surface area contributed by atoms with Crippen molar-refractivity contribution in [2.45, 2.75) is 17.2 Å². The van der Waals surface area contributed by atoms with Gasteiger partial charge in [-0.3, -0.25) is 9.00 Å². The highest BCUT2D eigenvalue weighted by Gasteiger charge is 2.23. The number of nitrogens with zero attached hydrogens (tertiary/aromatic N) is 2. The molecule has 3 rings (SSSR count). The first-order valence-electron chi connectivity index (χ1n) is 8.40. The Labute approximate surface area is 169 Å². The van der Waals surface area contributed by atoms with Gasteiger partial charge in [0.05, 0.1) is 26.5 Å². The number of aryl methyl sites for hydroxylation is 1. The highest BCUT2D eigenvalue weighted by atomic mass is 79.9. The summed E-state index contributed by atoms with van der Waals surface area (Å²) in [6.45, 7) is 0.480. The number of phenols is 1. The van der Waals surface area contributed by atoms with E-state index in [9.17, 15) is 14.1 Å². The molecular formula is C20H21BrN2O3S. The van der Waals surface area contributed by atoms with Gasteiger partial charge < -0.3 is 14.6 Å². The number of carbonyl (C=O) groups excluding carboxylic acids is 1. The van der Waals surface area contributed by atoms with Crippen LogP contribution >= 0.6 is 15.9 Å². The molecule has 0 aliphatic rings. The first kappa shape index (κ1) is 19.8. The number of halogens is 1. The molecule has 1 atom stereocenters. The second-order valence-corrected chi connectivity index (χ2v) is 8.96. The molecule has 27 heavy (non-hydrogen) atoms. The van der Waals surface area contributed by atoms with Gasteiger partial charge >= 0.3 is 0 Å². The van der Waals surface area contributed by atoms with E-state index in [1.54, 1.807) is 6.07 Å². The molecule has 2 aromatic carbocycles. The minimum Gasteiger partial charge on any atom is -0.506 e. The standard InChI is InChI=1S/C20H21BrN2O3S/c1-22(2)10-14-19-15(11-24)18(12-27(26)13-7-5-4-6-8-13)23(3)17(19)9-16(21)20(14)25/h4-9,11,25H,10,12H2,1-3H3. The zero-order valence-corrected chi connectivity index (χ0v) is 17.8. The zero-order chi connectivity index (χ0) is 19.7. The Morgan fingerprint density at radius 2 is 1.93 bits per heavy atom. The molecule has 0 radical (unpaired) electrons. The van der Waals surface area contributed by atoms with Gasteiger partial charge in [-0.15, -0.1) is 0 Å². The lowest BCUT2D eigenvalue weighted by atomic mass is 10.0. The molecule has 1 heterocycles. The fourth-order valence-electron chi connectivity index (χ4n) is 3.26. The van der Waals surface area contributed by atoms with Gasteiger partial charge in [-0.2, -0.15) is 0 Å². The van der Waals surface area contributed by atoms with Crippen LogP contribution in [0.4, 0.5) is 0 Å². The maximum atomic E-state index is 12.8. The van der Waals surface area contributed by atoms with Crippen LogP contribution in [0.5, 0.6) is 5.75 Å². The molecule has 3 aromatic rings. The van der Waals surface area contributed by atoms with Crippen LogP contribution in [0.3, 0.4) is 0 Å². The first-order chi connectivity index (χ1) is 12.8. The van der Waals surface area contributed by atoms with E-state index in [4.69, 9.17) is 0 Å². The van der Waals surface area contributed by atoms with Crippen molar-refractivity contribution in [2.24, 2.45) is 7.05 Å². The van der Waals surface area contributed by atoms with Crippen molar-refractivity contribution in [3.8, 4) is 5.75 Å². The molecule has 1 N–H and O–H groups in total. The Balaban J connectivity index is 2.21. The molecule has 1 aromatic heterocycles. The molecule has 7 heteroatoms. The predicted molar refractivity (Wildman–Crippen MR) is 112 cm³/mol. The van der Waals surface area contributed by atoms with E-state index in [0.717, 1.165) is 16.7 Å². The van der Waals surface area contributed by atoms with Crippen LogP contribution in [0.2, 0.25) is 0 Å². The topological polar surface area (TPSA) is 62.5 Å². The molecule has 0 amide bonds. The Hall–Kier alpha value is -1.96. The average molecular weight is 449 g/mol. The number of hydrogen-bond acceptors (Lipinski definition) is 4. The van der Waals surface area contributed by atoms with Gasteiger partial charge in [0, 0.05) is 40.7 Å². The summed E-state index contributed by atoms with van der Waals surface area (Å²) in [5.41, 5.74) is 2.67. The summed E-state index contributed by atoms with van der Waals surface area (Å²) in [6.07, 6.45) is 0.798. The minimum absolute atomic E-state index is 0.126. The number of hydrogen-bond donors (Lipinski definition) is 1. The molecule has 1 unspecified atom stereocenters. The van der Waals surface area contributed by atoms with E-state index >= 15 is 0 Å². The first-order valence-corrected chi connectivity index (χ1v) is 10.5. The van der Waals surface area contributed by atoms with Gasteiger partial charge in [-0.25, -0.2) is 0 Å². The lowest BCUT2D eigenvalue weighted by molar-refractivity contribution is 0.112. The highest BCUT2D eigenvalue weighted by molar-refractivity contribution is 9.10. The zero-order valence-electron chi connectivity index (χ0n) is 15.4. The van der Waals surface area contributed by atoms with E-state index < -0.39 is 10.8 Å². The van der Waals surface area contributed by atoms with Crippen molar-refractivity contribution in [3.63, 3.8) is 0 Å². The second-order valence-electron chi connectivity index (χ2n) is 6.66. The molecule has 142 valence electrons. The Morgan fingerprint density at radius 3 is 2.52 bits per heavy atom. The monoisotopic (exact) mass is 448 g/mol. The van der Waals surface area contributed by atoms with Crippen LogP contribution in [0.1, 0.15) is 21.6 Å². The predicted octanol–water partition coefficient (Wildman–Crippen LogP) is 3.83. The number of fused-ring (bicyclic) bond motifs is 1. The van der Waals surface area contributed by atoms with Crippen molar-refractivity contribution >= 4 is 43.9 Å². The lowest BCUT2D eigenvalue weighted by Crippen LogP contribution is -2.11. The summed E-state index contributed by atoms with van der Waals surface area (Å²) < 4.78 is 15.3. The van der Waals surface area contributed by atoms with Gasteiger partial charge in [0.2, 0.25) is 0 Å². The highest BCUT2D eigenvalue weighted by Crippen LogP contribution is 2.39. The number of aldehydes is 1. The summed E-state index contributed by atoms with van der Waals surface area (Å²) in [5.74, 6) is 0.351. The quantitative estimate of drug-likeness (QED) is 0.582. The minimum atomic E-state index is -1.28. The van der Waals surface area contributed by atoms with E-state index in [1.165, 1.54) is 0 Å². The molecule has 0 aliphatic heterocycles. The van der Waals surface area contributed by atoms with Crippen molar-refractivity contribution in [1.82, 2.24) is 9.47 Å². The third kappa shape index (κ3) is 3.72. The van der Waals surface area contributed by atoms with Crippen molar-refractivity contribution in [2.75, 3.05) is 14.1 Å². The van der Waals surface area contributed by atoms with Crippen molar-refractivity contribution in [3.05, 3.63) is 57.7 Å². The van der Waals surface area contributed by atoms with Gasteiger partial charge in [0.15, 0.2) is 6.29 Å².